The number of rotatable bonds is 6. The van der Waals surface area contributed by atoms with Crippen LogP contribution in [0, 0.1) is 0 Å². The summed E-state index contributed by atoms with van der Waals surface area (Å²) in [5.74, 6) is 0.940. The van der Waals surface area contributed by atoms with Gasteiger partial charge in [0.2, 0.25) is 0 Å². The fraction of sp³-hybridized carbons (Fsp3) is 0.250. The first-order chi connectivity index (χ1) is 9.28. The van der Waals surface area contributed by atoms with E-state index in [9.17, 15) is 0 Å². The molecule has 0 amide bonds. The normalized spacial score (nSPS) is 10.4. The summed E-state index contributed by atoms with van der Waals surface area (Å²) < 4.78 is 5.72. The summed E-state index contributed by atoms with van der Waals surface area (Å²) in [5.41, 5.74) is 7.77. The van der Waals surface area contributed by atoms with Gasteiger partial charge in [0, 0.05) is 10.6 Å². The van der Waals surface area contributed by atoms with Gasteiger partial charge in [-0.2, -0.15) is 0 Å². The van der Waals surface area contributed by atoms with E-state index in [1.807, 2.05) is 24.3 Å². The predicted octanol–water partition coefficient (Wildman–Crippen LogP) is 4.00. The van der Waals surface area contributed by atoms with Gasteiger partial charge in [-0.15, -0.1) is 11.8 Å². The quantitative estimate of drug-likeness (QED) is 0.491. The van der Waals surface area contributed by atoms with Crippen molar-refractivity contribution in [3.8, 4) is 5.75 Å². The van der Waals surface area contributed by atoms with Crippen molar-refractivity contribution >= 4 is 17.4 Å². The highest BCUT2D eigenvalue weighted by Crippen LogP contribution is 2.19. The van der Waals surface area contributed by atoms with Gasteiger partial charge < -0.3 is 10.5 Å². The van der Waals surface area contributed by atoms with E-state index < -0.39 is 0 Å². The lowest BCUT2D eigenvalue weighted by Crippen LogP contribution is -1.99. The molecule has 19 heavy (non-hydrogen) atoms. The van der Waals surface area contributed by atoms with Gasteiger partial charge in [-0.3, -0.25) is 0 Å². The van der Waals surface area contributed by atoms with Crippen LogP contribution < -0.4 is 10.5 Å². The van der Waals surface area contributed by atoms with Crippen molar-refractivity contribution in [2.75, 3.05) is 18.6 Å². The number of benzene rings is 2. The lowest BCUT2D eigenvalue weighted by molar-refractivity contribution is 0.311. The minimum atomic E-state index is 0.739. The van der Waals surface area contributed by atoms with Crippen LogP contribution in [0.2, 0.25) is 0 Å². The van der Waals surface area contributed by atoms with Crippen LogP contribution in [0.4, 0.5) is 5.69 Å². The van der Waals surface area contributed by atoms with Crippen molar-refractivity contribution < 1.29 is 4.74 Å². The lowest BCUT2D eigenvalue weighted by atomic mass is 10.1. The third-order valence-corrected chi connectivity index (χ3v) is 3.66. The second kappa shape index (κ2) is 7.10. The molecule has 2 rings (SSSR count). The molecular weight excluding hydrogens is 254 g/mol. The first kappa shape index (κ1) is 13.8. The number of anilines is 1. The molecule has 0 unspecified atom stereocenters. The van der Waals surface area contributed by atoms with Crippen molar-refractivity contribution in [1.82, 2.24) is 0 Å². The minimum Gasteiger partial charge on any atom is -0.494 e. The zero-order valence-electron chi connectivity index (χ0n) is 11.1. The Labute approximate surface area is 119 Å². The number of nitrogen functional groups attached to an aromatic ring is 1. The first-order valence-electron chi connectivity index (χ1n) is 6.39. The molecule has 0 radical (unpaired) electrons. The molecule has 0 aliphatic rings. The largest absolute Gasteiger partial charge is 0.494 e. The summed E-state index contributed by atoms with van der Waals surface area (Å²) in [7, 11) is 0. The van der Waals surface area contributed by atoms with Crippen LogP contribution in [0.5, 0.6) is 5.75 Å². The van der Waals surface area contributed by atoms with Crippen molar-refractivity contribution in [3.05, 3.63) is 54.1 Å². The second-order valence-electron chi connectivity index (χ2n) is 4.37. The van der Waals surface area contributed by atoms with Gasteiger partial charge in [0.05, 0.1) is 6.61 Å². The molecule has 2 nitrogen and oxygen atoms in total. The van der Waals surface area contributed by atoms with Crippen molar-refractivity contribution in [3.63, 3.8) is 0 Å². The Balaban J connectivity index is 1.72. The molecule has 0 saturated carbocycles. The van der Waals surface area contributed by atoms with Gasteiger partial charge >= 0.3 is 0 Å². The Morgan fingerprint density at radius 1 is 1.00 bits per heavy atom. The van der Waals surface area contributed by atoms with Crippen LogP contribution in [0.15, 0.2) is 53.4 Å². The number of thioether (sulfide) groups is 1. The van der Waals surface area contributed by atoms with Gasteiger partial charge in [-0.05, 0) is 61.1 Å². The Morgan fingerprint density at radius 2 is 1.68 bits per heavy atom. The van der Waals surface area contributed by atoms with Crippen LogP contribution in [0.1, 0.15) is 12.0 Å². The molecule has 2 N–H and O–H groups in total. The van der Waals surface area contributed by atoms with E-state index in [0.717, 1.165) is 30.9 Å². The van der Waals surface area contributed by atoms with Gasteiger partial charge in [-0.25, -0.2) is 0 Å². The fourth-order valence-electron chi connectivity index (χ4n) is 1.82. The van der Waals surface area contributed by atoms with Crippen molar-refractivity contribution in [1.29, 1.82) is 0 Å². The zero-order chi connectivity index (χ0) is 13.5. The Kier molecular flexibility index (Phi) is 5.16. The third-order valence-electron chi connectivity index (χ3n) is 2.92. The van der Waals surface area contributed by atoms with Gasteiger partial charge in [0.1, 0.15) is 5.75 Å². The van der Waals surface area contributed by atoms with E-state index in [0.29, 0.717) is 0 Å². The molecule has 100 valence electrons. The Hall–Kier alpha value is -1.61. The summed E-state index contributed by atoms with van der Waals surface area (Å²) in [6.45, 7) is 0.739. The smallest absolute Gasteiger partial charge is 0.119 e. The molecule has 0 atom stereocenters. The molecule has 0 saturated heterocycles. The lowest BCUT2D eigenvalue weighted by Gasteiger charge is -2.07. The van der Waals surface area contributed by atoms with E-state index in [2.05, 4.69) is 30.5 Å². The maximum atomic E-state index is 5.72. The number of ether oxygens (including phenoxy) is 1. The average Bonchev–Trinajstić information content (AvgIpc) is 2.46. The van der Waals surface area contributed by atoms with Gasteiger partial charge in [-0.1, -0.05) is 12.1 Å². The highest BCUT2D eigenvalue weighted by molar-refractivity contribution is 7.98. The summed E-state index contributed by atoms with van der Waals surface area (Å²) >= 11 is 1.74. The molecule has 0 aliphatic heterocycles. The Bertz CT molecular complexity index is 493. The molecule has 2 aromatic carbocycles. The maximum Gasteiger partial charge on any atom is 0.119 e. The summed E-state index contributed by atoms with van der Waals surface area (Å²) in [6.07, 6.45) is 4.10. The average molecular weight is 273 g/mol. The van der Waals surface area contributed by atoms with E-state index >= 15 is 0 Å². The van der Waals surface area contributed by atoms with E-state index in [1.165, 1.54) is 10.5 Å². The first-order valence-corrected chi connectivity index (χ1v) is 7.61. The van der Waals surface area contributed by atoms with E-state index in [4.69, 9.17) is 10.5 Å². The Morgan fingerprint density at radius 3 is 2.32 bits per heavy atom. The van der Waals surface area contributed by atoms with Crippen LogP contribution in [0.25, 0.3) is 0 Å². The molecular formula is C16H19NOS. The molecule has 3 heteroatoms. The monoisotopic (exact) mass is 273 g/mol. The van der Waals surface area contributed by atoms with Crippen molar-refractivity contribution in [2.45, 2.75) is 17.7 Å². The molecule has 0 heterocycles. The van der Waals surface area contributed by atoms with E-state index in [1.54, 1.807) is 11.8 Å². The highest BCUT2D eigenvalue weighted by Gasteiger charge is 1.96. The molecule has 0 aliphatic carbocycles. The zero-order valence-corrected chi connectivity index (χ0v) is 12.0. The van der Waals surface area contributed by atoms with E-state index in [-0.39, 0.29) is 0 Å². The molecule has 0 bridgehead atoms. The standard InChI is InChI=1S/C16H19NOS/c1-19-16-10-8-15(9-11-16)18-12-2-3-13-4-6-14(17)7-5-13/h4-11H,2-3,12,17H2,1H3. The highest BCUT2D eigenvalue weighted by atomic mass is 32.2. The second-order valence-corrected chi connectivity index (χ2v) is 5.25. The molecule has 2 aromatic rings. The number of aryl methyl sites for hydroxylation is 1. The number of hydrogen-bond acceptors (Lipinski definition) is 3. The number of nitrogens with two attached hydrogens (primary N) is 1. The van der Waals surface area contributed by atoms with Crippen LogP contribution in [-0.2, 0) is 6.42 Å². The van der Waals surface area contributed by atoms with Crippen molar-refractivity contribution in [2.24, 2.45) is 0 Å². The molecule has 0 spiro atoms. The summed E-state index contributed by atoms with van der Waals surface area (Å²) in [6, 6.07) is 16.2. The van der Waals surface area contributed by atoms with Gasteiger partial charge in [0.15, 0.2) is 0 Å². The van der Waals surface area contributed by atoms with Gasteiger partial charge in [0.25, 0.3) is 0 Å². The minimum absolute atomic E-state index is 0.739. The number of hydrogen-bond donors (Lipinski definition) is 1. The topological polar surface area (TPSA) is 35.2 Å². The fourth-order valence-corrected chi connectivity index (χ4v) is 2.23. The molecule has 0 aromatic heterocycles. The van der Waals surface area contributed by atoms with Crippen LogP contribution in [0.3, 0.4) is 0 Å². The predicted molar refractivity (Wildman–Crippen MR) is 82.9 cm³/mol. The maximum absolute atomic E-state index is 5.72. The summed E-state index contributed by atoms with van der Waals surface area (Å²) in [4.78, 5) is 1.26. The van der Waals surface area contributed by atoms with Crippen LogP contribution in [-0.4, -0.2) is 12.9 Å². The SMILES string of the molecule is CSc1ccc(OCCCc2ccc(N)cc2)cc1. The van der Waals surface area contributed by atoms with Crippen LogP contribution >= 0.6 is 11.8 Å². The third kappa shape index (κ3) is 4.52. The summed E-state index contributed by atoms with van der Waals surface area (Å²) in [5, 5.41) is 0. The molecule has 0 fully saturated rings.